The summed E-state index contributed by atoms with van der Waals surface area (Å²) in [5.74, 6) is 1.19. The Morgan fingerprint density at radius 2 is 1.53 bits per heavy atom. The number of halogens is 2. The highest BCUT2D eigenvalue weighted by molar-refractivity contribution is 6.31. The van der Waals surface area contributed by atoms with Crippen LogP contribution in [0.15, 0.2) is 0 Å². The lowest BCUT2D eigenvalue weighted by Gasteiger charge is -2.25. The highest BCUT2D eigenvalue weighted by Gasteiger charge is 2.14. The quantitative estimate of drug-likeness (QED) is 0.798. The molecule has 0 fully saturated rings. The lowest BCUT2D eigenvalue weighted by Crippen LogP contribution is -2.30. The summed E-state index contributed by atoms with van der Waals surface area (Å²) in [7, 11) is 0. The zero-order valence-electron chi connectivity index (χ0n) is 10.5. The van der Waals surface area contributed by atoms with Crippen molar-refractivity contribution in [3.8, 4) is 0 Å². The molecule has 1 heterocycles. The first kappa shape index (κ1) is 14.5. The largest absolute Gasteiger partial charge is 0.341 e. The second-order valence-electron chi connectivity index (χ2n) is 3.89. The van der Waals surface area contributed by atoms with E-state index in [1.165, 1.54) is 0 Å². The molecule has 0 aromatic carbocycles. The van der Waals surface area contributed by atoms with Gasteiger partial charge >= 0.3 is 0 Å². The Morgan fingerprint density at radius 3 is 1.94 bits per heavy atom. The maximum Gasteiger partial charge on any atom is 0.230 e. The molecule has 6 heteroatoms. The fourth-order valence-corrected chi connectivity index (χ4v) is 2.02. The molecular formula is C11H18Cl2N4. The number of hydrogen-bond acceptors (Lipinski definition) is 4. The molecule has 1 aromatic rings. The minimum Gasteiger partial charge on any atom is -0.341 e. The monoisotopic (exact) mass is 276 g/mol. The SMILES string of the molecule is CCC(CC)CN(CC)c1nc(Cl)nc(Cl)n1. The van der Waals surface area contributed by atoms with E-state index in [4.69, 9.17) is 23.2 Å². The summed E-state index contributed by atoms with van der Waals surface area (Å²) in [6.07, 6.45) is 2.28. The maximum absolute atomic E-state index is 5.78. The van der Waals surface area contributed by atoms with E-state index >= 15 is 0 Å². The van der Waals surface area contributed by atoms with Gasteiger partial charge in [-0.05, 0) is 36.0 Å². The summed E-state index contributed by atoms with van der Waals surface area (Å²) in [6.45, 7) is 8.19. The highest BCUT2D eigenvalue weighted by atomic mass is 35.5. The van der Waals surface area contributed by atoms with Crippen molar-refractivity contribution < 1.29 is 0 Å². The average molecular weight is 277 g/mol. The van der Waals surface area contributed by atoms with Crippen molar-refractivity contribution in [1.29, 1.82) is 0 Å². The molecule has 0 N–H and O–H groups in total. The molecule has 1 rings (SSSR count). The van der Waals surface area contributed by atoms with Crippen molar-refractivity contribution in [3.05, 3.63) is 10.6 Å². The summed E-state index contributed by atoms with van der Waals surface area (Å²) >= 11 is 11.6. The predicted molar refractivity (Wildman–Crippen MR) is 71.8 cm³/mol. The van der Waals surface area contributed by atoms with Crippen LogP contribution >= 0.6 is 23.2 Å². The molecule has 0 saturated heterocycles. The van der Waals surface area contributed by atoms with Gasteiger partial charge in [-0.1, -0.05) is 26.7 Å². The molecule has 0 atom stereocenters. The lowest BCUT2D eigenvalue weighted by atomic mass is 10.0. The molecule has 0 unspecified atom stereocenters. The van der Waals surface area contributed by atoms with E-state index in [-0.39, 0.29) is 10.6 Å². The molecule has 0 radical (unpaired) electrons. The van der Waals surface area contributed by atoms with Gasteiger partial charge in [0.2, 0.25) is 16.5 Å². The summed E-state index contributed by atoms with van der Waals surface area (Å²) in [5, 5.41) is 0.283. The molecule has 0 amide bonds. The number of hydrogen-bond donors (Lipinski definition) is 0. The van der Waals surface area contributed by atoms with Crippen molar-refractivity contribution in [2.75, 3.05) is 18.0 Å². The Hall–Kier alpha value is -0.610. The highest BCUT2D eigenvalue weighted by Crippen LogP contribution is 2.17. The standard InChI is InChI=1S/C11H18Cl2N4/c1-4-8(5-2)7-17(6-3)11-15-9(12)14-10(13)16-11/h8H,4-7H2,1-3H3. The van der Waals surface area contributed by atoms with Crippen molar-refractivity contribution in [3.63, 3.8) is 0 Å². The van der Waals surface area contributed by atoms with Gasteiger partial charge < -0.3 is 4.90 Å². The normalized spacial score (nSPS) is 10.9. The molecule has 0 spiro atoms. The van der Waals surface area contributed by atoms with Gasteiger partial charge in [0.1, 0.15) is 0 Å². The molecule has 4 nitrogen and oxygen atoms in total. The minimum absolute atomic E-state index is 0.142. The van der Waals surface area contributed by atoms with Gasteiger partial charge in [0, 0.05) is 13.1 Å². The van der Waals surface area contributed by atoms with Gasteiger partial charge in [-0.15, -0.1) is 0 Å². The van der Waals surface area contributed by atoms with Gasteiger partial charge in [-0.3, -0.25) is 0 Å². The van der Waals surface area contributed by atoms with E-state index in [1.807, 2.05) is 0 Å². The van der Waals surface area contributed by atoms with E-state index in [2.05, 4.69) is 40.6 Å². The van der Waals surface area contributed by atoms with Crippen molar-refractivity contribution >= 4 is 29.2 Å². The maximum atomic E-state index is 5.78. The van der Waals surface area contributed by atoms with E-state index in [1.54, 1.807) is 0 Å². The number of aromatic nitrogens is 3. The van der Waals surface area contributed by atoms with Crippen molar-refractivity contribution in [2.45, 2.75) is 33.6 Å². The third-order valence-electron chi connectivity index (χ3n) is 2.87. The first-order valence-corrected chi connectivity index (χ1v) is 6.68. The molecule has 0 aliphatic carbocycles. The van der Waals surface area contributed by atoms with E-state index in [9.17, 15) is 0 Å². The van der Waals surface area contributed by atoms with Crippen LogP contribution in [-0.4, -0.2) is 28.0 Å². The minimum atomic E-state index is 0.142. The molecule has 0 aliphatic rings. The van der Waals surface area contributed by atoms with Gasteiger partial charge in [0.25, 0.3) is 0 Å². The molecule has 0 aliphatic heterocycles. The Bertz CT molecular complexity index is 335. The Morgan fingerprint density at radius 1 is 1.00 bits per heavy atom. The smallest absolute Gasteiger partial charge is 0.230 e. The zero-order valence-corrected chi connectivity index (χ0v) is 12.0. The predicted octanol–water partition coefficient (Wildman–Crippen LogP) is 3.44. The Labute approximate surface area is 112 Å². The second-order valence-corrected chi connectivity index (χ2v) is 4.57. The number of rotatable bonds is 6. The van der Waals surface area contributed by atoms with Crippen LogP contribution in [-0.2, 0) is 0 Å². The van der Waals surface area contributed by atoms with Crippen LogP contribution in [0.4, 0.5) is 5.95 Å². The summed E-state index contributed by atoms with van der Waals surface area (Å²) in [4.78, 5) is 14.1. The topological polar surface area (TPSA) is 41.9 Å². The molecular weight excluding hydrogens is 259 g/mol. The van der Waals surface area contributed by atoms with Gasteiger partial charge in [0.05, 0.1) is 0 Å². The van der Waals surface area contributed by atoms with E-state index in [0.29, 0.717) is 11.9 Å². The van der Waals surface area contributed by atoms with Crippen LogP contribution in [0.5, 0.6) is 0 Å². The van der Waals surface area contributed by atoms with Gasteiger partial charge in [-0.25, -0.2) is 0 Å². The van der Waals surface area contributed by atoms with Crippen LogP contribution in [0.2, 0.25) is 10.6 Å². The van der Waals surface area contributed by atoms with E-state index in [0.717, 1.165) is 25.9 Å². The Kier molecular flexibility index (Phi) is 5.92. The van der Waals surface area contributed by atoms with Crippen LogP contribution in [0, 0.1) is 5.92 Å². The lowest BCUT2D eigenvalue weighted by molar-refractivity contribution is 0.482. The molecule has 0 saturated carbocycles. The second kappa shape index (κ2) is 6.97. The Balaban J connectivity index is 2.85. The molecule has 0 bridgehead atoms. The molecule has 17 heavy (non-hydrogen) atoms. The van der Waals surface area contributed by atoms with Crippen LogP contribution < -0.4 is 4.90 Å². The van der Waals surface area contributed by atoms with Crippen molar-refractivity contribution in [1.82, 2.24) is 15.0 Å². The third kappa shape index (κ3) is 4.28. The van der Waals surface area contributed by atoms with Gasteiger partial charge in [-0.2, -0.15) is 15.0 Å². The fourth-order valence-electron chi connectivity index (χ4n) is 1.67. The van der Waals surface area contributed by atoms with Crippen molar-refractivity contribution in [2.24, 2.45) is 5.92 Å². The summed E-state index contributed by atoms with van der Waals surface area (Å²) < 4.78 is 0. The number of nitrogens with zero attached hydrogens (tertiary/aromatic N) is 4. The van der Waals surface area contributed by atoms with Gasteiger partial charge in [0.15, 0.2) is 0 Å². The first-order chi connectivity index (χ1) is 8.10. The van der Waals surface area contributed by atoms with E-state index < -0.39 is 0 Å². The fraction of sp³-hybridized carbons (Fsp3) is 0.727. The zero-order chi connectivity index (χ0) is 12.8. The third-order valence-corrected chi connectivity index (χ3v) is 3.20. The van der Waals surface area contributed by atoms with Crippen LogP contribution in [0.1, 0.15) is 33.6 Å². The average Bonchev–Trinajstić information content (AvgIpc) is 2.29. The van der Waals surface area contributed by atoms with Crippen LogP contribution in [0.3, 0.4) is 0 Å². The summed E-state index contributed by atoms with van der Waals surface area (Å²) in [6, 6.07) is 0. The summed E-state index contributed by atoms with van der Waals surface area (Å²) in [5.41, 5.74) is 0. The molecule has 96 valence electrons. The first-order valence-electron chi connectivity index (χ1n) is 5.92. The number of anilines is 1. The van der Waals surface area contributed by atoms with Crippen LogP contribution in [0.25, 0.3) is 0 Å². The molecule has 1 aromatic heterocycles.